The summed E-state index contributed by atoms with van der Waals surface area (Å²) in [6.07, 6.45) is 5.65. The molecule has 5 aliphatic carbocycles. The summed E-state index contributed by atoms with van der Waals surface area (Å²) in [6.45, 7) is 1.71. The minimum atomic E-state index is -2.74. The highest BCUT2D eigenvalue weighted by molar-refractivity contribution is 7.80. The summed E-state index contributed by atoms with van der Waals surface area (Å²) in [7, 11) is 0. The van der Waals surface area contributed by atoms with Crippen molar-refractivity contribution in [2.45, 2.75) is 69.9 Å². The number of rotatable bonds is 6. The summed E-state index contributed by atoms with van der Waals surface area (Å²) in [5.74, 6) is -0.275. The standard InChI is InChI=1S/C23H30FN3O4S/c1-13-3-4-17(24)9-18(13)27(32(30)31)23(5-2-6-23)21(29)26-19-15-7-14-8-16(19)12-22(10-14,11-15)20(25)28/h3-4,9,14-16,19H,2,5-8,10-12H2,1H3,(H2,25,28)(H,26,29)(H,30,31)/p-1. The fraction of sp³-hybridized carbons (Fsp3) is 0.652. The molecule has 3 unspecified atom stereocenters. The second-order valence-electron chi connectivity index (χ2n) is 10.4. The fourth-order valence-electron chi connectivity index (χ4n) is 7.14. The molecule has 174 valence electrons. The van der Waals surface area contributed by atoms with Crippen molar-refractivity contribution in [2.24, 2.45) is 28.9 Å². The Bertz CT molecular complexity index is 981. The maximum Gasteiger partial charge on any atom is 0.247 e. The van der Waals surface area contributed by atoms with Crippen LogP contribution in [0.5, 0.6) is 0 Å². The number of aryl methyl sites for hydroxylation is 1. The molecule has 2 amide bonds. The average molecular weight is 463 g/mol. The van der Waals surface area contributed by atoms with Gasteiger partial charge in [-0.25, -0.2) is 4.39 Å². The molecule has 0 saturated heterocycles. The second-order valence-corrected chi connectivity index (χ2v) is 11.2. The lowest BCUT2D eigenvalue weighted by atomic mass is 9.47. The van der Waals surface area contributed by atoms with Gasteiger partial charge in [-0.3, -0.25) is 18.1 Å². The Morgan fingerprint density at radius 1 is 1.22 bits per heavy atom. The minimum absolute atomic E-state index is 0.0838. The molecule has 3 atom stereocenters. The number of anilines is 1. The number of amides is 2. The Labute approximate surface area is 189 Å². The van der Waals surface area contributed by atoms with Crippen molar-refractivity contribution < 1.29 is 22.7 Å². The number of primary amides is 1. The number of nitrogens with one attached hydrogen (secondary N) is 1. The Hall–Kier alpha value is -2.00. The summed E-state index contributed by atoms with van der Waals surface area (Å²) >= 11 is -2.74. The largest absolute Gasteiger partial charge is 0.755 e. The molecule has 4 bridgehead atoms. The quantitative estimate of drug-likeness (QED) is 0.632. The van der Waals surface area contributed by atoms with Gasteiger partial charge in [-0.1, -0.05) is 6.07 Å². The highest BCUT2D eigenvalue weighted by Crippen LogP contribution is 2.60. The van der Waals surface area contributed by atoms with Crippen LogP contribution < -0.4 is 15.4 Å². The molecule has 1 aromatic carbocycles. The van der Waals surface area contributed by atoms with E-state index >= 15 is 0 Å². The van der Waals surface area contributed by atoms with E-state index in [4.69, 9.17) is 5.73 Å². The number of benzene rings is 1. The van der Waals surface area contributed by atoms with Gasteiger partial charge in [0.1, 0.15) is 11.4 Å². The summed E-state index contributed by atoms with van der Waals surface area (Å²) in [5, 5.41) is 3.20. The van der Waals surface area contributed by atoms with Gasteiger partial charge in [0, 0.05) is 22.7 Å². The minimum Gasteiger partial charge on any atom is -0.755 e. The lowest BCUT2D eigenvalue weighted by Gasteiger charge is -2.59. The van der Waals surface area contributed by atoms with E-state index in [-0.39, 0.29) is 35.4 Å². The monoisotopic (exact) mass is 462 g/mol. The third-order valence-corrected chi connectivity index (χ3v) is 9.47. The van der Waals surface area contributed by atoms with Crippen molar-refractivity contribution in [1.82, 2.24) is 5.32 Å². The Balaban J connectivity index is 1.42. The number of nitrogens with zero attached hydrogens (tertiary/aromatic N) is 1. The smallest absolute Gasteiger partial charge is 0.247 e. The number of halogens is 1. The molecule has 0 aromatic heterocycles. The maximum absolute atomic E-state index is 14.0. The Morgan fingerprint density at radius 3 is 2.41 bits per heavy atom. The molecule has 32 heavy (non-hydrogen) atoms. The molecule has 0 heterocycles. The first kappa shape index (κ1) is 21.8. The highest BCUT2D eigenvalue weighted by Gasteiger charge is 2.59. The first-order valence-corrected chi connectivity index (χ1v) is 12.4. The van der Waals surface area contributed by atoms with Crippen molar-refractivity contribution in [3.8, 4) is 0 Å². The van der Waals surface area contributed by atoms with E-state index in [0.29, 0.717) is 37.2 Å². The van der Waals surface area contributed by atoms with Crippen LogP contribution >= 0.6 is 0 Å². The lowest BCUT2D eigenvalue weighted by Crippen LogP contribution is -2.68. The highest BCUT2D eigenvalue weighted by atomic mass is 32.2. The zero-order valence-corrected chi connectivity index (χ0v) is 19.0. The third kappa shape index (κ3) is 3.19. The number of nitrogens with two attached hydrogens (primary N) is 1. The van der Waals surface area contributed by atoms with Gasteiger partial charge in [0.25, 0.3) is 0 Å². The van der Waals surface area contributed by atoms with Crippen LogP contribution in [0.25, 0.3) is 0 Å². The molecule has 1 aromatic rings. The van der Waals surface area contributed by atoms with E-state index in [9.17, 15) is 22.7 Å². The summed E-state index contributed by atoms with van der Waals surface area (Å²) in [6, 6.07) is 3.90. The van der Waals surface area contributed by atoms with Crippen LogP contribution in [0.1, 0.15) is 56.9 Å². The molecular weight excluding hydrogens is 433 g/mol. The molecule has 7 nitrogen and oxygen atoms in total. The van der Waals surface area contributed by atoms with Crippen LogP contribution in [0.3, 0.4) is 0 Å². The normalized spacial score (nSPS) is 35.1. The van der Waals surface area contributed by atoms with Gasteiger partial charge >= 0.3 is 0 Å². The molecule has 9 heteroatoms. The Morgan fingerprint density at radius 2 is 1.88 bits per heavy atom. The summed E-state index contributed by atoms with van der Waals surface area (Å²) < 4.78 is 39.7. The fourth-order valence-corrected chi connectivity index (χ4v) is 8.04. The van der Waals surface area contributed by atoms with Crippen LogP contribution in [0, 0.1) is 35.9 Å². The topological polar surface area (TPSA) is 116 Å². The van der Waals surface area contributed by atoms with Crippen molar-refractivity contribution in [3.63, 3.8) is 0 Å². The molecule has 5 saturated carbocycles. The predicted molar refractivity (Wildman–Crippen MR) is 116 cm³/mol. The van der Waals surface area contributed by atoms with Gasteiger partial charge in [-0.2, -0.15) is 0 Å². The molecular formula is C23H29FN3O4S-. The Kier molecular flexibility index (Phi) is 5.13. The molecule has 5 fully saturated rings. The zero-order chi connectivity index (χ0) is 22.8. The van der Waals surface area contributed by atoms with Crippen LogP contribution in [-0.2, 0) is 20.9 Å². The number of carbonyl (C=O) groups is 2. The van der Waals surface area contributed by atoms with Crippen molar-refractivity contribution >= 4 is 28.8 Å². The maximum atomic E-state index is 14.0. The van der Waals surface area contributed by atoms with E-state index in [1.165, 1.54) is 18.2 Å². The van der Waals surface area contributed by atoms with Crippen molar-refractivity contribution in [2.75, 3.05) is 4.31 Å². The molecule has 3 N–H and O–H groups in total. The van der Waals surface area contributed by atoms with Gasteiger partial charge in [0.15, 0.2) is 0 Å². The molecule has 6 rings (SSSR count). The number of hydrogen-bond donors (Lipinski definition) is 2. The van der Waals surface area contributed by atoms with Crippen LogP contribution in [0.15, 0.2) is 18.2 Å². The van der Waals surface area contributed by atoms with Crippen LogP contribution in [0.2, 0.25) is 0 Å². The molecule has 5 aliphatic rings. The van der Waals surface area contributed by atoms with Gasteiger partial charge in [-0.05, 0) is 93.7 Å². The predicted octanol–water partition coefficient (Wildman–Crippen LogP) is 2.45. The van der Waals surface area contributed by atoms with Crippen LogP contribution in [-0.4, -0.2) is 32.2 Å². The van der Waals surface area contributed by atoms with E-state index in [1.807, 2.05) is 0 Å². The SMILES string of the molecule is Cc1ccc(F)cc1N(S(=O)[O-])C1(C(=O)NC2C3CC4CC2CC(C(N)=O)(C4)C3)CCC1. The van der Waals surface area contributed by atoms with Gasteiger partial charge < -0.3 is 15.6 Å². The average Bonchev–Trinajstić information content (AvgIpc) is 2.68. The lowest BCUT2D eigenvalue weighted by molar-refractivity contribution is -0.148. The summed E-state index contributed by atoms with van der Waals surface area (Å²) in [4.78, 5) is 25.9. The third-order valence-electron chi connectivity index (χ3n) is 8.62. The van der Waals surface area contributed by atoms with Gasteiger partial charge in [-0.15, -0.1) is 0 Å². The number of carbonyl (C=O) groups excluding carboxylic acids is 2. The van der Waals surface area contributed by atoms with E-state index < -0.39 is 28.0 Å². The second kappa shape index (κ2) is 7.52. The molecule has 0 spiro atoms. The first-order chi connectivity index (χ1) is 15.1. The zero-order valence-electron chi connectivity index (χ0n) is 18.1. The van der Waals surface area contributed by atoms with Gasteiger partial charge in [0.2, 0.25) is 11.8 Å². The van der Waals surface area contributed by atoms with Crippen molar-refractivity contribution in [1.29, 1.82) is 0 Å². The van der Waals surface area contributed by atoms with E-state index in [2.05, 4.69) is 5.32 Å². The van der Waals surface area contributed by atoms with Crippen LogP contribution in [0.4, 0.5) is 10.1 Å². The summed E-state index contributed by atoms with van der Waals surface area (Å²) in [5.41, 5.74) is 4.86. The first-order valence-electron chi connectivity index (χ1n) is 11.4. The van der Waals surface area contributed by atoms with Crippen molar-refractivity contribution in [3.05, 3.63) is 29.6 Å². The van der Waals surface area contributed by atoms with Gasteiger partial charge in [0.05, 0.1) is 5.69 Å². The number of hydrogen-bond acceptors (Lipinski definition) is 4. The molecule has 0 radical (unpaired) electrons. The van der Waals surface area contributed by atoms with E-state index in [0.717, 1.165) is 30.0 Å². The molecule has 0 aliphatic heterocycles. The van der Waals surface area contributed by atoms with E-state index in [1.54, 1.807) is 6.92 Å².